The lowest BCUT2D eigenvalue weighted by Crippen LogP contribution is -2.13. The molecule has 2 N–H and O–H groups in total. The number of hydrogen-bond acceptors (Lipinski definition) is 5. The van der Waals surface area contributed by atoms with Gasteiger partial charge in [-0.2, -0.15) is 5.10 Å². The molecule has 0 aliphatic carbocycles. The van der Waals surface area contributed by atoms with Gasteiger partial charge in [-0.05, 0) is 26.0 Å². The van der Waals surface area contributed by atoms with Gasteiger partial charge in [0.25, 0.3) is 0 Å². The van der Waals surface area contributed by atoms with Crippen LogP contribution in [-0.4, -0.2) is 26.7 Å². The van der Waals surface area contributed by atoms with Gasteiger partial charge in [-0.25, -0.2) is 9.97 Å². The Morgan fingerprint density at radius 2 is 2.04 bits per heavy atom. The highest BCUT2D eigenvalue weighted by atomic mass is 15.2. The predicted octanol–water partition coefficient (Wildman–Crippen LogP) is 3.12. The molecular weight excluding hydrogens is 300 g/mol. The van der Waals surface area contributed by atoms with E-state index in [-0.39, 0.29) is 0 Å². The van der Waals surface area contributed by atoms with Crippen molar-refractivity contribution in [2.45, 2.75) is 26.8 Å². The van der Waals surface area contributed by atoms with Crippen LogP contribution in [0.5, 0.6) is 0 Å². The SMILES string of the molecule is Cc1n[nH]c(C)c1CNc1ncc2c(n1)CCN2c1ccccc1. The Morgan fingerprint density at radius 1 is 1.21 bits per heavy atom. The molecule has 2 aromatic heterocycles. The average molecular weight is 320 g/mol. The second-order valence-corrected chi connectivity index (χ2v) is 6.03. The Bertz CT molecular complexity index is 836. The fourth-order valence-electron chi connectivity index (χ4n) is 3.12. The zero-order valence-electron chi connectivity index (χ0n) is 13.9. The number of benzene rings is 1. The van der Waals surface area contributed by atoms with Crippen LogP contribution in [0.3, 0.4) is 0 Å². The summed E-state index contributed by atoms with van der Waals surface area (Å²) in [7, 11) is 0. The monoisotopic (exact) mass is 320 g/mol. The summed E-state index contributed by atoms with van der Waals surface area (Å²) < 4.78 is 0. The number of para-hydroxylation sites is 1. The molecule has 0 amide bonds. The van der Waals surface area contributed by atoms with Crippen molar-refractivity contribution in [3.05, 3.63) is 59.2 Å². The molecule has 1 aliphatic rings. The van der Waals surface area contributed by atoms with Crippen molar-refractivity contribution in [2.24, 2.45) is 0 Å². The lowest BCUT2D eigenvalue weighted by atomic mass is 10.2. The van der Waals surface area contributed by atoms with Gasteiger partial charge in [0.1, 0.15) is 0 Å². The fourth-order valence-corrected chi connectivity index (χ4v) is 3.12. The van der Waals surface area contributed by atoms with Crippen LogP contribution < -0.4 is 10.2 Å². The molecule has 0 bridgehead atoms. The van der Waals surface area contributed by atoms with Crippen molar-refractivity contribution in [3.63, 3.8) is 0 Å². The van der Waals surface area contributed by atoms with Gasteiger partial charge < -0.3 is 10.2 Å². The van der Waals surface area contributed by atoms with E-state index in [2.05, 4.69) is 49.7 Å². The quantitative estimate of drug-likeness (QED) is 0.773. The van der Waals surface area contributed by atoms with Gasteiger partial charge in [0.15, 0.2) is 0 Å². The summed E-state index contributed by atoms with van der Waals surface area (Å²) in [6.07, 6.45) is 2.85. The van der Waals surface area contributed by atoms with Crippen LogP contribution in [-0.2, 0) is 13.0 Å². The highest BCUT2D eigenvalue weighted by Crippen LogP contribution is 2.33. The summed E-state index contributed by atoms with van der Waals surface area (Å²) in [5.74, 6) is 0.670. The van der Waals surface area contributed by atoms with E-state index >= 15 is 0 Å². The zero-order chi connectivity index (χ0) is 16.5. The largest absolute Gasteiger partial charge is 0.350 e. The number of aromatic amines is 1. The van der Waals surface area contributed by atoms with E-state index in [1.54, 1.807) is 0 Å². The van der Waals surface area contributed by atoms with Gasteiger partial charge in [0, 0.05) is 36.5 Å². The van der Waals surface area contributed by atoms with E-state index in [1.807, 2.05) is 26.1 Å². The van der Waals surface area contributed by atoms with E-state index in [0.29, 0.717) is 12.5 Å². The molecule has 0 saturated heterocycles. The average Bonchev–Trinajstić information content (AvgIpc) is 3.17. The molecule has 24 heavy (non-hydrogen) atoms. The first-order valence-electron chi connectivity index (χ1n) is 8.15. The summed E-state index contributed by atoms with van der Waals surface area (Å²) in [6.45, 7) is 5.65. The summed E-state index contributed by atoms with van der Waals surface area (Å²) in [4.78, 5) is 11.5. The molecule has 0 radical (unpaired) electrons. The van der Waals surface area contributed by atoms with Crippen molar-refractivity contribution >= 4 is 17.3 Å². The number of H-pyrrole nitrogens is 1. The van der Waals surface area contributed by atoms with E-state index in [9.17, 15) is 0 Å². The van der Waals surface area contributed by atoms with Gasteiger partial charge in [0.2, 0.25) is 5.95 Å². The maximum Gasteiger partial charge on any atom is 0.223 e. The van der Waals surface area contributed by atoms with E-state index < -0.39 is 0 Å². The van der Waals surface area contributed by atoms with Crippen molar-refractivity contribution in [1.82, 2.24) is 20.2 Å². The van der Waals surface area contributed by atoms with Gasteiger partial charge in [0.05, 0.1) is 23.3 Å². The standard InChI is InChI=1S/C18H20N6/c1-12-15(13(2)23-22-12)10-19-18-20-11-17-16(21-18)8-9-24(17)14-6-4-3-5-7-14/h3-7,11H,8-10H2,1-2H3,(H,22,23)(H,19,20,21). The Balaban J connectivity index is 1.53. The third kappa shape index (κ3) is 2.60. The van der Waals surface area contributed by atoms with Crippen LogP contribution in [0.25, 0.3) is 0 Å². The predicted molar refractivity (Wildman–Crippen MR) is 94.6 cm³/mol. The lowest BCUT2D eigenvalue weighted by Gasteiger charge is -2.18. The van der Waals surface area contributed by atoms with Gasteiger partial charge in [-0.15, -0.1) is 0 Å². The number of rotatable bonds is 4. The maximum atomic E-state index is 4.69. The third-order valence-corrected chi connectivity index (χ3v) is 4.48. The molecule has 122 valence electrons. The van der Waals surface area contributed by atoms with Crippen LogP contribution >= 0.6 is 0 Å². The number of hydrogen-bond donors (Lipinski definition) is 2. The lowest BCUT2D eigenvalue weighted by molar-refractivity contribution is 0.967. The summed E-state index contributed by atoms with van der Waals surface area (Å²) in [6, 6.07) is 10.4. The van der Waals surface area contributed by atoms with Gasteiger partial charge in [-0.1, -0.05) is 18.2 Å². The molecule has 0 atom stereocenters. The highest BCUT2D eigenvalue weighted by molar-refractivity contribution is 5.68. The summed E-state index contributed by atoms with van der Waals surface area (Å²) in [5.41, 5.74) is 6.64. The molecule has 4 rings (SSSR count). The van der Waals surface area contributed by atoms with Crippen LogP contribution in [0.15, 0.2) is 36.5 Å². The minimum absolute atomic E-state index is 0.670. The smallest absolute Gasteiger partial charge is 0.223 e. The number of anilines is 3. The molecule has 0 unspecified atom stereocenters. The molecule has 3 aromatic rings. The van der Waals surface area contributed by atoms with Gasteiger partial charge in [-0.3, -0.25) is 5.10 Å². The zero-order valence-corrected chi connectivity index (χ0v) is 13.9. The minimum atomic E-state index is 0.670. The molecule has 0 fully saturated rings. The van der Waals surface area contributed by atoms with Crippen LogP contribution in [0.4, 0.5) is 17.3 Å². The summed E-state index contributed by atoms with van der Waals surface area (Å²) in [5, 5.41) is 10.5. The molecule has 0 spiro atoms. The third-order valence-electron chi connectivity index (χ3n) is 4.48. The van der Waals surface area contributed by atoms with Crippen molar-refractivity contribution in [3.8, 4) is 0 Å². The Morgan fingerprint density at radius 3 is 2.79 bits per heavy atom. The van der Waals surface area contributed by atoms with E-state index in [4.69, 9.17) is 4.98 Å². The van der Waals surface area contributed by atoms with E-state index in [0.717, 1.165) is 35.7 Å². The topological polar surface area (TPSA) is 69.7 Å². The second-order valence-electron chi connectivity index (χ2n) is 6.03. The number of aromatic nitrogens is 4. The van der Waals surface area contributed by atoms with Crippen molar-refractivity contribution < 1.29 is 0 Å². The fraction of sp³-hybridized carbons (Fsp3) is 0.278. The molecule has 3 heterocycles. The van der Waals surface area contributed by atoms with Gasteiger partial charge >= 0.3 is 0 Å². The first-order chi connectivity index (χ1) is 11.7. The van der Waals surface area contributed by atoms with E-state index in [1.165, 1.54) is 11.3 Å². The summed E-state index contributed by atoms with van der Waals surface area (Å²) >= 11 is 0. The molecular formula is C18H20N6. The Hall–Kier alpha value is -2.89. The first kappa shape index (κ1) is 14.7. The van der Waals surface area contributed by atoms with Crippen LogP contribution in [0.1, 0.15) is 22.6 Å². The number of nitrogens with one attached hydrogen (secondary N) is 2. The number of nitrogens with zero attached hydrogens (tertiary/aromatic N) is 4. The number of fused-ring (bicyclic) bond motifs is 1. The first-order valence-corrected chi connectivity index (χ1v) is 8.15. The number of aryl methyl sites for hydroxylation is 2. The molecule has 0 saturated carbocycles. The van der Waals surface area contributed by atoms with Crippen molar-refractivity contribution in [1.29, 1.82) is 0 Å². The molecule has 6 nitrogen and oxygen atoms in total. The Labute approximate surface area is 141 Å². The Kier molecular flexibility index (Phi) is 3.65. The molecule has 1 aliphatic heterocycles. The maximum absolute atomic E-state index is 4.69. The highest BCUT2D eigenvalue weighted by Gasteiger charge is 2.22. The molecule has 6 heteroatoms. The van der Waals surface area contributed by atoms with Crippen molar-refractivity contribution in [2.75, 3.05) is 16.8 Å². The van der Waals surface area contributed by atoms with Crippen LogP contribution in [0.2, 0.25) is 0 Å². The molecule has 1 aromatic carbocycles. The second kappa shape index (κ2) is 5.96. The normalized spacial score (nSPS) is 13.2. The van der Waals surface area contributed by atoms with Crippen LogP contribution in [0, 0.1) is 13.8 Å². The minimum Gasteiger partial charge on any atom is -0.350 e.